The first kappa shape index (κ1) is 27.3. The van der Waals surface area contributed by atoms with Gasteiger partial charge in [0.05, 0.1) is 18.5 Å². The van der Waals surface area contributed by atoms with Gasteiger partial charge in [-0.05, 0) is 19.3 Å². The number of aromatic nitrogens is 2. The van der Waals surface area contributed by atoms with E-state index < -0.39 is 36.2 Å². The van der Waals surface area contributed by atoms with E-state index in [9.17, 15) is 33.0 Å². The SMILES string of the molecule is Nc1cncc(C(F)(F)F)n1.O=C(O)CCCCCNC(=O)NCC1OCCC(O)C1O. The number of aliphatic carboxylic acids is 1. The van der Waals surface area contributed by atoms with E-state index in [0.29, 0.717) is 38.6 Å². The largest absolute Gasteiger partial charge is 0.481 e. The molecule has 0 radical (unpaired) electrons. The van der Waals surface area contributed by atoms with Gasteiger partial charge in [-0.3, -0.25) is 9.78 Å². The molecular formula is C18H28F3N5O6. The van der Waals surface area contributed by atoms with Crippen LogP contribution in [0.3, 0.4) is 0 Å². The Hall–Kier alpha value is -2.71. The number of carboxylic acid groups (broad SMARTS) is 1. The number of nitrogens with one attached hydrogen (secondary N) is 2. The molecule has 182 valence electrons. The molecule has 3 atom stereocenters. The first-order chi connectivity index (χ1) is 15.0. The zero-order valence-electron chi connectivity index (χ0n) is 17.2. The van der Waals surface area contributed by atoms with E-state index in [4.69, 9.17) is 15.6 Å². The van der Waals surface area contributed by atoms with Gasteiger partial charge in [0.25, 0.3) is 0 Å². The maximum absolute atomic E-state index is 11.8. The third kappa shape index (κ3) is 11.1. The van der Waals surface area contributed by atoms with Crippen LogP contribution in [0.2, 0.25) is 0 Å². The summed E-state index contributed by atoms with van der Waals surface area (Å²) in [5.74, 6) is -1.05. The van der Waals surface area contributed by atoms with E-state index in [0.717, 1.165) is 12.6 Å². The number of halogens is 3. The number of nitrogen functional groups attached to an aromatic ring is 1. The van der Waals surface area contributed by atoms with Gasteiger partial charge in [-0.2, -0.15) is 13.2 Å². The summed E-state index contributed by atoms with van der Waals surface area (Å²) < 4.78 is 40.7. The Morgan fingerprint density at radius 3 is 2.50 bits per heavy atom. The van der Waals surface area contributed by atoms with Gasteiger partial charge in [-0.25, -0.2) is 9.78 Å². The number of hydrogen-bond acceptors (Lipinski definition) is 8. The van der Waals surface area contributed by atoms with Crippen LogP contribution in [0.1, 0.15) is 37.8 Å². The van der Waals surface area contributed by atoms with E-state index in [1.807, 2.05) is 0 Å². The number of hydrogen-bond donors (Lipinski definition) is 6. The van der Waals surface area contributed by atoms with Gasteiger partial charge in [0.1, 0.15) is 18.0 Å². The highest BCUT2D eigenvalue weighted by molar-refractivity contribution is 5.73. The van der Waals surface area contributed by atoms with Crippen LogP contribution in [0.25, 0.3) is 0 Å². The lowest BCUT2D eigenvalue weighted by molar-refractivity contribution is -0.141. The molecular weight excluding hydrogens is 439 g/mol. The van der Waals surface area contributed by atoms with E-state index in [1.165, 1.54) is 0 Å². The van der Waals surface area contributed by atoms with Gasteiger partial charge in [0.2, 0.25) is 0 Å². The van der Waals surface area contributed by atoms with Crippen molar-refractivity contribution < 1.29 is 42.8 Å². The fraction of sp³-hybridized carbons (Fsp3) is 0.667. The minimum atomic E-state index is -4.47. The van der Waals surface area contributed by atoms with Gasteiger partial charge in [0, 0.05) is 26.1 Å². The lowest BCUT2D eigenvalue weighted by atomic mass is 10.0. The molecule has 1 aliphatic heterocycles. The number of unbranched alkanes of at least 4 members (excludes halogenated alkanes) is 2. The molecule has 11 nitrogen and oxygen atoms in total. The molecule has 14 heteroatoms. The molecule has 2 heterocycles. The highest BCUT2D eigenvalue weighted by Gasteiger charge is 2.33. The lowest BCUT2D eigenvalue weighted by Crippen LogP contribution is -2.51. The topological polar surface area (TPSA) is 180 Å². The number of aliphatic hydroxyl groups excluding tert-OH is 2. The zero-order valence-corrected chi connectivity index (χ0v) is 17.2. The van der Waals surface area contributed by atoms with Crippen molar-refractivity contribution in [2.45, 2.75) is 56.6 Å². The molecule has 0 spiro atoms. The molecule has 0 aliphatic carbocycles. The number of carboxylic acids is 1. The number of aliphatic hydroxyl groups is 2. The molecule has 2 rings (SSSR count). The number of nitrogens with zero attached hydrogens (tertiary/aromatic N) is 2. The van der Waals surface area contributed by atoms with Crippen LogP contribution in [0.4, 0.5) is 23.8 Å². The summed E-state index contributed by atoms with van der Waals surface area (Å²) in [6.45, 7) is 0.945. The molecule has 3 unspecified atom stereocenters. The Bertz CT molecular complexity index is 725. The van der Waals surface area contributed by atoms with Crippen LogP contribution < -0.4 is 16.4 Å². The summed E-state index contributed by atoms with van der Waals surface area (Å²) in [4.78, 5) is 28.1. The van der Waals surface area contributed by atoms with Crippen LogP contribution >= 0.6 is 0 Å². The van der Waals surface area contributed by atoms with Gasteiger partial charge in [-0.1, -0.05) is 6.42 Å². The molecule has 1 aromatic rings. The molecule has 7 N–H and O–H groups in total. The summed E-state index contributed by atoms with van der Waals surface area (Å²) in [6.07, 6.45) is -2.63. The molecule has 0 aromatic carbocycles. The van der Waals surface area contributed by atoms with Crippen molar-refractivity contribution in [3.05, 3.63) is 18.1 Å². The third-order valence-electron chi connectivity index (χ3n) is 4.28. The van der Waals surface area contributed by atoms with Crippen molar-refractivity contribution in [2.75, 3.05) is 25.4 Å². The minimum Gasteiger partial charge on any atom is -0.481 e. The van der Waals surface area contributed by atoms with Crippen molar-refractivity contribution in [2.24, 2.45) is 0 Å². The number of nitrogens with two attached hydrogens (primary N) is 1. The molecule has 1 aliphatic rings. The normalized spacial score (nSPS) is 20.6. The summed E-state index contributed by atoms with van der Waals surface area (Å²) in [7, 11) is 0. The standard InChI is InChI=1S/C13H24N2O6.C5H4F3N3/c16-9-5-7-21-10(12(9)19)8-15-13(20)14-6-3-1-2-4-11(17)18;6-5(7,8)3-1-10-2-4(9)11-3/h9-10,12,16,19H,1-8H2,(H,17,18)(H2,14,15,20);1-2H,(H2,9,11). The van der Waals surface area contributed by atoms with E-state index >= 15 is 0 Å². The predicted molar refractivity (Wildman–Crippen MR) is 105 cm³/mol. The van der Waals surface area contributed by atoms with Gasteiger partial charge >= 0.3 is 18.2 Å². The number of amides is 2. The van der Waals surface area contributed by atoms with Crippen LogP contribution in [0.15, 0.2) is 12.4 Å². The van der Waals surface area contributed by atoms with Gasteiger partial charge < -0.3 is 36.4 Å². The smallest absolute Gasteiger partial charge is 0.434 e. The summed E-state index contributed by atoms with van der Waals surface area (Å²) in [5, 5.41) is 32.8. The highest BCUT2D eigenvalue weighted by Crippen LogP contribution is 2.26. The Morgan fingerprint density at radius 1 is 1.19 bits per heavy atom. The quantitative estimate of drug-likeness (QED) is 0.297. The van der Waals surface area contributed by atoms with Gasteiger partial charge in [-0.15, -0.1) is 0 Å². The maximum atomic E-state index is 11.8. The lowest BCUT2D eigenvalue weighted by Gasteiger charge is -2.32. The highest BCUT2D eigenvalue weighted by atomic mass is 19.4. The number of rotatable bonds is 8. The first-order valence-corrected chi connectivity index (χ1v) is 9.86. The Balaban J connectivity index is 0.000000389. The number of ether oxygens (including phenoxy) is 1. The fourth-order valence-corrected chi connectivity index (χ4v) is 2.59. The van der Waals surface area contributed by atoms with Crippen molar-refractivity contribution >= 4 is 17.8 Å². The number of anilines is 1. The average molecular weight is 467 g/mol. The molecule has 2 amide bonds. The van der Waals surface area contributed by atoms with Crippen LogP contribution in [0, 0.1) is 0 Å². The van der Waals surface area contributed by atoms with Crippen LogP contribution in [-0.2, 0) is 15.7 Å². The minimum absolute atomic E-state index is 0.128. The van der Waals surface area contributed by atoms with Gasteiger partial charge in [0.15, 0.2) is 5.69 Å². The summed E-state index contributed by atoms with van der Waals surface area (Å²) >= 11 is 0. The average Bonchev–Trinajstić information content (AvgIpc) is 2.71. The van der Waals surface area contributed by atoms with Crippen LogP contribution in [0.5, 0.6) is 0 Å². The molecule has 32 heavy (non-hydrogen) atoms. The van der Waals surface area contributed by atoms with Crippen molar-refractivity contribution in [1.29, 1.82) is 0 Å². The Morgan fingerprint density at radius 2 is 1.91 bits per heavy atom. The van der Waals surface area contributed by atoms with Crippen molar-refractivity contribution in [3.8, 4) is 0 Å². The number of carbonyl (C=O) groups is 2. The number of urea groups is 1. The second kappa shape index (κ2) is 13.6. The van der Waals surface area contributed by atoms with E-state index in [2.05, 4.69) is 20.6 Å². The van der Waals surface area contributed by atoms with Crippen molar-refractivity contribution in [3.63, 3.8) is 0 Å². The van der Waals surface area contributed by atoms with E-state index in [1.54, 1.807) is 0 Å². The maximum Gasteiger partial charge on any atom is 0.434 e. The second-order valence-corrected chi connectivity index (χ2v) is 6.92. The molecule has 1 saturated heterocycles. The van der Waals surface area contributed by atoms with E-state index in [-0.39, 0.29) is 24.8 Å². The zero-order chi connectivity index (χ0) is 24.1. The fourth-order valence-electron chi connectivity index (χ4n) is 2.59. The van der Waals surface area contributed by atoms with Crippen LogP contribution in [-0.4, -0.2) is 75.3 Å². The Labute approximate surface area is 182 Å². The first-order valence-electron chi connectivity index (χ1n) is 9.86. The molecule has 0 bridgehead atoms. The molecule has 0 saturated carbocycles. The monoisotopic (exact) mass is 467 g/mol. The predicted octanol–water partition coefficient (Wildman–Crippen LogP) is 0.519. The number of carbonyl (C=O) groups excluding carboxylic acids is 1. The molecule has 1 aromatic heterocycles. The second-order valence-electron chi connectivity index (χ2n) is 6.92. The summed E-state index contributed by atoms with van der Waals surface area (Å²) in [5.41, 5.74) is 3.91. The van der Waals surface area contributed by atoms with Crippen molar-refractivity contribution in [1.82, 2.24) is 20.6 Å². The summed E-state index contributed by atoms with van der Waals surface area (Å²) in [6, 6.07) is -0.371. The Kier molecular flexibility index (Phi) is 11.7. The number of alkyl halides is 3. The third-order valence-corrected chi connectivity index (χ3v) is 4.28. The molecule has 1 fully saturated rings.